The fraction of sp³-hybridized carbons (Fsp3) is 0.417. The van der Waals surface area contributed by atoms with Crippen LogP contribution in [-0.2, 0) is 9.53 Å². The minimum Gasteiger partial charge on any atom is -0.466 e. The molecule has 0 amide bonds. The molecule has 0 bridgehead atoms. The van der Waals surface area contributed by atoms with E-state index in [-0.39, 0.29) is 25.4 Å². The summed E-state index contributed by atoms with van der Waals surface area (Å²) in [6.45, 7) is 4.27. The van der Waals surface area contributed by atoms with Crippen LogP contribution in [0.2, 0.25) is 0 Å². The molecule has 0 saturated carbocycles. The van der Waals surface area contributed by atoms with Crippen molar-refractivity contribution in [2.45, 2.75) is 26.2 Å². The van der Waals surface area contributed by atoms with E-state index in [9.17, 15) is 4.79 Å². The summed E-state index contributed by atoms with van der Waals surface area (Å²) < 4.78 is 5.01. The Kier molecular flexibility index (Phi) is 6.88. The van der Waals surface area contributed by atoms with Gasteiger partial charge in [-0.25, -0.2) is 0 Å². The standard InChI is InChI=1S/C12H16O2.H2S/c1-3-11(12(13)14-4-2)10-8-6-5-7-9-10;/h5-9,11H,3-4H2,1-2H3;1H2. The zero-order valence-electron chi connectivity index (χ0n) is 9.19. The van der Waals surface area contributed by atoms with Crippen molar-refractivity contribution in [2.24, 2.45) is 0 Å². The van der Waals surface area contributed by atoms with Crippen molar-refractivity contribution in [1.82, 2.24) is 0 Å². The van der Waals surface area contributed by atoms with Crippen LogP contribution in [0.25, 0.3) is 0 Å². The van der Waals surface area contributed by atoms with Crippen LogP contribution in [0.1, 0.15) is 31.7 Å². The van der Waals surface area contributed by atoms with E-state index in [2.05, 4.69) is 0 Å². The van der Waals surface area contributed by atoms with Crippen LogP contribution in [0.5, 0.6) is 0 Å². The molecule has 15 heavy (non-hydrogen) atoms. The van der Waals surface area contributed by atoms with Crippen LogP contribution >= 0.6 is 13.5 Å². The first kappa shape index (κ1) is 14.0. The molecule has 1 unspecified atom stereocenters. The highest BCUT2D eigenvalue weighted by Gasteiger charge is 2.18. The van der Waals surface area contributed by atoms with Crippen LogP contribution in [0.4, 0.5) is 0 Å². The van der Waals surface area contributed by atoms with Gasteiger partial charge in [0.25, 0.3) is 0 Å². The van der Waals surface area contributed by atoms with Gasteiger partial charge in [0.1, 0.15) is 0 Å². The maximum absolute atomic E-state index is 11.6. The molecule has 0 saturated heterocycles. The number of hydrogen-bond donors (Lipinski definition) is 0. The maximum Gasteiger partial charge on any atom is 0.313 e. The minimum absolute atomic E-state index is 0. The van der Waals surface area contributed by atoms with Crippen molar-refractivity contribution in [3.63, 3.8) is 0 Å². The van der Waals surface area contributed by atoms with Crippen molar-refractivity contribution in [2.75, 3.05) is 6.61 Å². The van der Waals surface area contributed by atoms with Gasteiger partial charge in [0.05, 0.1) is 12.5 Å². The van der Waals surface area contributed by atoms with Gasteiger partial charge in [0.2, 0.25) is 0 Å². The molecule has 0 fully saturated rings. The van der Waals surface area contributed by atoms with E-state index in [0.717, 1.165) is 12.0 Å². The van der Waals surface area contributed by atoms with Gasteiger partial charge in [-0.2, -0.15) is 13.5 Å². The van der Waals surface area contributed by atoms with Crippen molar-refractivity contribution >= 4 is 19.5 Å². The lowest BCUT2D eigenvalue weighted by molar-refractivity contribution is -0.145. The Morgan fingerprint density at radius 1 is 1.27 bits per heavy atom. The van der Waals surface area contributed by atoms with E-state index in [1.54, 1.807) is 0 Å². The van der Waals surface area contributed by atoms with Gasteiger partial charge in [-0.15, -0.1) is 0 Å². The molecule has 1 aromatic carbocycles. The van der Waals surface area contributed by atoms with Crippen LogP contribution in [-0.4, -0.2) is 12.6 Å². The molecule has 2 nitrogen and oxygen atoms in total. The Bertz CT molecular complexity index is 285. The summed E-state index contributed by atoms with van der Waals surface area (Å²) in [7, 11) is 0. The molecule has 0 aliphatic rings. The zero-order valence-corrected chi connectivity index (χ0v) is 10.2. The fourth-order valence-corrected chi connectivity index (χ4v) is 1.47. The van der Waals surface area contributed by atoms with E-state index in [4.69, 9.17) is 4.74 Å². The number of carbonyl (C=O) groups excluding carboxylic acids is 1. The molecule has 1 rings (SSSR count). The second-order valence-electron chi connectivity index (χ2n) is 3.12. The summed E-state index contributed by atoms with van der Waals surface area (Å²) in [5.74, 6) is -0.239. The summed E-state index contributed by atoms with van der Waals surface area (Å²) in [5.41, 5.74) is 1.04. The number of rotatable bonds is 4. The SMILES string of the molecule is CCOC(=O)C(CC)c1ccccc1.S. The second-order valence-corrected chi connectivity index (χ2v) is 3.12. The average molecular weight is 226 g/mol. The van der Waals surface area contributed by atoms with Crippen molar-refractivity contribution in [3.05, 3.63) is 35.9 Å². The van der Waals surface area contributed by atoms with Gasteiger partial charge in [-0.1, -0.05) is 37.3 Å². The summed E-state index contributed by atoms with van der Waals surface area (Å²) in [6.07, 6.45) is 0.781. The molecular formula is C12H18O2S. The lowest BCUT2D eigenvalue weighted by atomic mass is 9.97. The molecule has 1 atom stereocenters. The van der Waals surface area contributed by atoms with E-state index >= 15 is 0 Å². The summed E-state index contributed by atoms with van der Waals surface area (Å²) in [6, 6.07) is 9.76. The third-order valence-corrected chi connectivity index (χ3v) is 2.18. The summed E-state index contributed by atoms with van der Waals surface area (Å²) >= 11 is 0. The highest BCUT2D eigenvalue weighted by atomic mass is 32.1. The first-order valence-corrected chi connectivity index (χ1v) is 5.01. The molecule has 0 radical (unpaired) electrons. The van der Waals surface area contributed by atoms with Crippen LogP contribution in [0.3, 0.4) is 0 Å². The van der Waals surface area contributed by atoms with Gasteiger partial charge >= 0.3 is 5.97 Å². The molecule has 0 N–H and O–H groups in total. The molecule has 0 heterocycles. The molecule has 0 aromatic heterocycles. The Morgan fingerprint density at radius 3 is 2.33 bits per heavy atom. The molecule has 0 aliphatic carbocycles. The summed E-state index contributed by atoms with van der Waals surface area (Å²) in [4.78, 5) is 11.6. The Hall–Kier alpha value is -0.960. The molecule has 0 spiro atoms. The predicted molar refractivity (Wildman–Crippen MR) is 66.5 cm³/mol. The number of esters is 1. The normalized spacial score (nSPS) is 11.3. The van der Waals surface area contributed by atoms with E-state index in [1.165, 1.54) is 0 Å². The molecule has 0 aliphatic heterocycles. The molecule has 3 heteroatoms. The lowest BCUT2D eigenvalue weighted by Crippen LogP contribution is -2.15. The van der Waals surface area contributed by atoms with Crippen molar-refractivity contribution in [1.29, 1.82) is 0 Å². The van der Waals surface area contributed by atoms with E-state index < -0.39 is 0 Å². The van der Waals surface area contributed by atoms with Gasteiger partial charge in [0, 0.05) is 0 Å². The molecule has 1 aromatic rings. The zero-order chi connectivity index (χ0) is 10.4. The largest absolute Gasteiger partial charge is 0.466 e. The van der Waals surface area contributed by atoms with E-state index in [1.807, 2.05) is 44.2 Å². The van der Waals surface area contributed by atoms with Crippen LogP contribution < -0.4 is 0 Å². The van der Waals surface area contributed by atoms with Gasteiger partial charge < -0.3 is 4.74 Å². The lowest BCUT2D eigenvalue weighted by Gasteiger charge is -2.13. The third kappa shape index (κ3) is 3.96. The van der Waals surface area contributed by atoms with Gasteiger partial charge in [-0.3, -0.25) is 4.79 Å². The fourth-order valence-electron chi connectivity index (χ4n) is 1.47. The monoisotopic (exact) mass is 226 g/mol. The smallest absolute Gasteiger partial charge is 0.313 e. The van der Waals surface area contributed by atoms with Gasteiger partial charge in [-0.05, 0) is 18.9 Å². The Balaban J connectivity index is 0.00000196. The Labute approximate surface area is 98.1 Å². The first-order chi connectivity index (χ1) is 6.79. The maximum atomic E-state index is 11.6. The van der Waals surface area contributed by atoms with E-state index in [0.29, 0.717) is 6.61 Å². The number of carbonyl (C=O) groups is 1. The second kappa shape index (κ2) is 7.35. The molecule has 84 valence electrons. The molecular weight excluding hydrogens is 208 g/mol. The van der Waals surface area contributed by atoms with Crippen molar-refractivity contribution in [3.8, 4) is 0 Å². The minimum atomic E-state index is -0.124. The number of hydrogen-bond acceptors (Lipinski definition) is 2. The average Bonchev–Trinajstić information content (AvgIpc) is 2.21. The topological polar surface area (TPSA) is 26.3 Å². The quantitative estimate of drug-likeness (QED) is 0.738. The van der Waals surface area contributed by atoms with Crippen LogP contribution in [0, 0.1) is 0 Å². The highest BCUT2D eigenvalue weighted by molar-refractivity contribution is 7.59. The Morgan fingerprint density at radius 2 is 1.87 bits per heavy atom. The number of benzene rings is 1. The van der Waals surface area contributed by atoms with Crippen LogP contribution in [0.15, 0.2) is 30.3 Å². The first-order valence-electron chi connectivity index (χ1n) is 5.01. The van der Waals surface area contributed by atoms with Crippen molar-refractivity contribution < 1.29 is 9.53 Å². The predicted octanol–water partition coefficient (Wildman–Crippen LogP) is 2.86. The summed E-state index contributed by atoms with van der Waals surface area (Å²) in [5, 5.41) is 0. The third-order valence-electron chi connectivity index (χ3n) is 2.18. The number of ether oxygens (including phenoxy) is 1. The van der Waals surface area contributed by atoms with Gasteiger partial charge in [0.15, 0.2) is 0 Å². The highest BCUT2D eigenvalue weighted by Crippen LogP contribution is 2.20.